The minimum atomic E-state index is 0.0588. The molecule has 0 spiro atoms. The standard InChI is InChI=1S/C21H20O2.C14H15N/c1-22-19-14-8-6-12-17(19)21(16-10-4-3-5-11-16)18-13-7-9-15-20(18)23-2;1-3-7-13(8-4-1)11-15-12-14-9-5-2-6-10-14/h3-15,21H,1-2H3;1-10,15H,11-12H2. The van der Waals surface area contributed by atoms with Crippen molar-refractivity contribution in [3.63, 3.8) is 0 Å². The van der Waals surface area contributed by atoms with E-state index in [9.17, 15) is 0 Å². The summed E-state index contributed by atoms with van der Waals surface area (Å²) < 4.78 is 11.2. The number of hydrogen-bond acceptors (Lipinski definition) is 3. The molecular formula is C35H35NO2. The van der Waals surface area contributed by atoms with Crippen LogP contribution in [0.4, 0.5) is 0 Å². The van der Waals surface area contributed by atoms with Gasteiger partial charge in [0.15, 0.2) is 0 Å². The molecule has 5 aromatic carbocycles. The molecule has 0 amide bonds. The molecule has 0 aliphatic carbocycles. The number of nitrogens with one attached hydrogen (secondary N) is 1. The SMILES string of the molecule is COc1ccccc1C(c1ccccc1)c1ccccc1OC.c1ccc(CNCc2ccccc2)cc1. The number of methoxy groups -OCH3 is 2. The number of para-hydroxylation sites is 2. The predicted molar refractivity (Wildman–Crippen MR) is 157 cm³/mol. The summed E-state index contributed by atoms with van der Waals surface area (Å²) in [7, 11) is 3.42. The quantitative estimate of drug-likeness (QED) is 0.209. The van der Waals surface area contributed by atoms with E-state index in [1.165, 1.54) is 16.7 Å². The molecule has 1 N–H and O–H groups in total. The maximum absolute atomic E-state index is 5.60. The molecule has 0 saturated heterocycles. The van der Waals surface area contributed by atoms with E-state index in [-0.39, 0.29) is 5.92 Å². The molecule has 0 unspecified atom stereocenters. The highest BCUT2D eigenvalue weighted by atomic mass is 16.5. The van der Waals surface area contributed by atoms with Gasteiger partial charge in [0.05, 0.1) is 14.2 Å². The lowest BCUT2D eigenvalue weighted by molar-refractivity contribution is 0.402. The molecule has 0 heterocycles. The summed E-state index contributed by atoms with van der Waals surface area (Å²) in [6, 6.07) is 47.7. The van der Waals surface area contributed by atoms with Gasteiger partial charge in [0.1, 0.15) is 11.5 Å². The van der Waals surface area contributed by atoms with Crippen LogP contribution in [-0.4, -0.2) is 14.2 Å². The maximum Gasteiger partial charge on any atom is 0.123 e. The third-order valence-corrected chi connectivity index (χ3v) is 6.38. The van der Waals surface area contributed by atoms with E-state index >= 15 is 0 Å². The van der Waals surface area contributed by atoms with Gasteiger partial charge in [0, 0.05) is 30.1 Å². The van der Waals surface area contributed by atoms with Crippen LogP contribution < -0.4 is 14.8 Å². The van der Waals surface area contributed by atoms with Crippen LogP contribution in [0.25, 0.3) is 0 Å². The van der Waals surface area contributed by atoms with Crippen LogP contribution in [0.3, 0.4) is 0 Å². The fraction of sp³-hybridized carbons (Fsp3) is 0.143. The van der Waals surface area contributed by atoms with Crippen LogP contribution in [0.1, 0.15) is 33.7 Å². The van der Waals surface area contributed by atoms with Gasteiger partial charge in [-0.25, -0.2) is 0 Å². The van der Waals surface area contributed by atoms with Crippen molar-refractivity contribution in [3.05, 3.63) is 167 Å². The Morgan fingerprint density at radius 3 is 1.26 bits per heavy atom. The van der Waals surface area contributed by atoms with Crippen molar-refractivity contribution >= 4 is 0 Å². The van der Waals surface area contributed by atoms with Crippen molar-refractivity contribution in [2.24, 2.45) is 0 Å². The highest BCUT2D eigenvalue weighted by Crippen LogP contribution is 2.40. The van der Waals surface area contributed by atoms with Gasteiger partial charge in [-0.15, -0.1) is 0 Å². The van der Waals surface area contributed by atoms with Crippen LogP contribution in [-0.2, 0) is 13.1 Å². The lowest BCUT2D eigenvalue weighted by atomic mass is 9.84. The molecule has 3 nitrogen and oxygen atoms in total. The molecule has 0 atom stereocenters. The second kappa shape index (κ2) is 14.4. The van der Waals surface area contributed by atoms with Gasteiger partial charge in [-0.05, 0) is 28.8 Å². The van der Waals surface area contributed by atoms with Gasteiger partial charge in [0.2, 0.25) is 0 Å². The first-order chi connectivity index (χ1) is 18.8. The molecule has 0 aliphatic rings. The van der Waals surface area contributed by atoms with E-state index < -0.39 is 0 Å². The van der Waals surface area contributed by atoms with Crippen molar-refractivity contribution in [1.82, 2.24) is 5.32 Å². The molecule has 0 bridgehead atoms. The number of ether oxygens (including phenoxy) is 2. The lowest BCUT2D eigenvalue weighted by Crippen LogP contribution is -2.12. The first-order valence-corrected chi connectivity index (χ1v) is 12.9. The number of benzene rings is 5. The Morgan fingerprint density at radius 2 is 0.842 bits per heavy atom. The highest BCUT2D eigenvalue weighted by molar-refractivity contribution is 5.53. The molecule has 38 heavy (non-hydrogen) atoms. The average molecular weight is 502 g/mol. The normalized spacial score (nSPS) is 10.4. The van der Waals surface area contributed by atoms with Crippen molar-refractivity contribution < 1.29 is 9.47 Å². The Bertz CT molecular complexity index is 1270. The number of hydrogen-bond donors (Lipinski definition) is 1. The smallest absolute Gasteiger partial charge is 0.123 e. The zero-order valence-electron chi connectivity index (χ0n) is 22.1. The summed E-state index contributed by atoms with van der Waals surface area (Å²) >= 11 is 0. The minimum Gasteiger partial charge on any atom is -0.496 e. The van der Waals surface area contributed by atoms with Gasteiger partial charge in [-0.2, -0.15) is 0 Å². The molecular weight excluding hydrogens is 466 g/mol. The lowest BCUT2D eigenvalue weighted by Gasteiger charge is -2.23. The first-order valence-electron chi connectivity index (χ1n) is 12.9. The van der Waals surface area contributed by atoms with E-state index in [1.807, 2.05) is 54.6 Å². The molecule has 5 rings (SSSR count). The molecule has 5 aromatic rings. The van der Waals surface area contributed by atoms with Gasteiger partial charge >= 0.3 is 0 Å². The summed E-state index contributed by atoms with van der Waals surface area (Å²) in [5.41, 5.74) is 6.12. The second-order valence-electron chi connectivity index (χ2n) is 8.90. The number of rotatable bonds is 9. The van der Waals surface area contributed by atoms with Crippen LogP contribution in [0.2, 0.25) is 0 Å². The zero-order chi connectivity index (χ0) is 26.4. The zero-order valence-corrected chi connectivity index (χ0v) is 22.1. The van der Waals surface area contributed by atoms with Crippen LogP contribution >= 0.6 is 0 Å². The van der Waals surface area contributed by atoms with Crippen molar-refractivity contribution in [2.45, 2.75) is 19.0 Å². The van der Waals surface area contributed by atoms with Gasteiger partial charge in [0.25, 0.3) is 0 Å². The van der Waals surface area contributed by atoms with E-state index in [4.69, 9.17) is 9.47 Å². The Balaban J connectivity index is 0.000000194. The third kappa shape index (κ3) is 7.34. The summed E-state index contributed by atoms with van der Waals surface area (Å²) in [5, 5.41) is 3.42. The van der Waals surface area contributed by atoms with E-state index in [0.717, 1.165) is 35.7 Å². The Kier molecular flexibility index (Phi) is 10.1. The summed E-state index contributed by atoms with van der Waals surface area (Å²) in [6.45, 7) is 1.85. The molecule has 3 heteroatoms. The Hall–Kier alpha value is -4.34. The van der Waals surface area contributed by atoms with E-state index in [0.29, 0.717) is 0 Å². The molecule has 0 saturated carbocycles. The van der Waals surface area contributed by atoms with Crippen LogP contribution in [0, 0.1) is 0 Å². The second-order valence-corrected chi connectivity index (χ2v) is 8.90. The minimum absolute atomic E-state index is 0.0588. The van der Waals surface area contributed by atoms with Gasteiger partial charge < -0.3 is 14.8 Å². The van der Waals surface area contributed by atoms with Gasteiger partial charge in [-0.1, -0.05) is 127 Å². The maximum atomic E-state index is 5.60. The Morgan fingerprint density at radius 1 is 0.474 bits per heavy atom. The fourth-order valence-corrected chi connectivity index (χ4v) is 4.52. The topological polar surface area (TPSA) is 30.5 Å². The highest BCUT2D eigenvalue weighted by Gasteiger charge is 2.22. The summed E-state index contributed by atoms with van der Waals surface area (Å²) in [6.07, 6.45) is 0. The van der Waals surface area contributed by atoms with Crippen molar-refractivity contribution in [3.8, 4) is 11.5 Å². The van der Waals surface area contributed by atoms with E-state index in [2.05, 4.69) is 90.2 Å². The predicted octanol–water partition coefficient (Wildman–Crippen LogP) is 7.86. The third-order valence-electron chi connectivity index (χ3n) is 6.38. The van der Waals surface area contributed by atoms with Gasteiger partial charge in [-0.3, -0.25) is 0 Å². The fourth-order valence-electron chi connectivity index (χ4n) is 4.52. The molecule has 0 fully saturated rings. The summed E-state index contributed by atoms with van der Waals surface area (Å²) in [4.78, 5) is 0. The van der Waals surface area contributed by atoms with E-state index in [1.54, 1.807) is 14.2 Å². The molecule has 0 aliphatic heterocycles. The van der Waals surface area contributed by atoms with Crippen LogP contribution in [0.15, 0.2) is 140 Å². The Labute approximate surface area is 226 Å². The van der Waals surface area contributed by atoms with Crippen LogP contribution in [0.5, 0.6) is 11.5 Å². The molecule has 0 radical (unpaired) electrons. The van der Waals surface area contributed by atoms with Crippen molar-refractivity contribution in [2.75, 3.05) is 14.2 Å². The van der Waals surface area contributed by atoms with Crippen molar-refractivity contribution in [1.29, 1.82) is 0 Å². The first kappa shape index (κ1) is 26.7. The monoisotopic (exact) mass is 501 g/mol. The summed E-state index contributed by atoms with van der Waals surface area (Å²) in [5.74, 6) is 1.82. The molecule has 0 aromatic heterocycles. The largest absolute Gasteiger partial charge is 0.496 e. The molecule has 192 valence electrons. The average Bonchev–Trinajstić information content (AvgIpc) is 3.00.